The zero-order chi connectivity index (χ0) is 15.1. The van der Waals surface area contributed by atoms with Crippen LogP contribution in [0.1, 0.15) is 11.3 Å². The quantitative estimate of drug-likeness (QED) is 0.617. The highest BCUT2D eigenvalue weighted by atomic mass is 16.1. The molecule has 0 radical (unpaired) electrons. The topological polar surface area (TPSA) is 63.6 Å². The van der Waals surface area contributed by atoms with E-state index < -0.39 is 0 Å². The van der Waals surface area contributed by atoms with Crippen molar-refractivity contribution in [3.63, 3.8) is 0 Å². The molecule has 1 N–H and O–H groups in total. The van der Waals surface area contributed by atoms with Crippen molar-refractivity contribution in [2.75, 3.05) is 0 Å². The van der Waals surface area contributed by atoms with E-state index in [-0.39, 0.29) is 5.43 Å². The minimum absolute atomic E-state index is 0.0304. The number of aromatic nitrogens is 4. The zero-order valence-corrected chi connectivity index (χ0v) is 12.1. The van der Waals surface area contributed by atoms with E-state index in [0.717, 1.165) is 22.4 Å². The van der Waals surface area contributed by atoms with E-state index in [1.807, 2.05) is 48.0 Å². The van der Waals surface area contributed by atoms with Crippen LogP contribution in [0.25, 0.3) is 21.9 Å². The number of hydrogen-bond donors (Lipinski definition) is 1. The molecule has 0 bridgehead atoms. The standard InChI is InChI=1S/C17H14N4O/c1-11-15-16(22)13-4-2-3-5-14(13)19-17(15)21(20-11)10-12-6-8-18-9-7-12/h2-9H,10H2,1H3,(H,19,22). The second-order valence-electron chi connectivity index (χ2n) is 5.32. The molecule has 0 aliphatic heterocycles. The largest absolute Gasteiger partial charge is 0.339 e. The summed E-state index contributed by atoms with van der Waals surface area (Å²) in [6.45, 7) is 2.47. The molecular formula is C17H14N4O. The van der Waals surface area contributed by atoms with Gasteiger partial charge in [0, 0.05) is 17.8 Å². The van der Waals surface area contributed by atoms with Gasteiger partial charge in [0.25, 0.3) is 0 Å². The van der Waals surface area contributed by atoms with Gasteiger partial charge >= 0.3 is 0 Å². The predicted molar refractivity (Wildman–Crippen MR) is 85.9 cm³/mol. The molecule has 0 fully saturated rings. The van der Waals surface area contributed by atoms with Gasteiger partial charge in [-0.2, -0.15) is 5.10 Å². The first-order valence-electron chi connectivity index (χ1n) is 7.11. The molecule has 0 aliphatic carbocycles. The summed E-state index contributed by atoms with van der Waals surface area (Å²) >= 11 is 0. The molecule has 1 aromatic carbocycles. The van der Waals surface area contributed by atoms with Crippen molar-refractivity contribution in [2.24, 2.45) is 0 Å². The predicted octanol–water partition coefficient (Wildman–Crippen LogP) is 2.63. The van der Waals surface area contributed by atoms with Crippen LogP contribution in [0.3, 0.4) is 0 Å². The summed E-state index contributed by atoms with van der Waals surface area (Å²) in [5.41, 5.74) is 3.46. The Morgan fingerprint density at radius 2 is 1.91 bits per heavy atom. The number of benzene rings is 1. The molecular weight excluding hydrogens is 276 g/mol. The van der Waals surface area contributed by atoms with Crippen LogP contribution >= 0.6 is 0 Å². The first-order chi connectivity index (χ1) is 10.7. The molecule has 0 atom stereocenters. The number of H-pyrrole nitrogens is 1. The minimum Gasteiger partial charge on any atom is -0.339 e. The van der Waals surface area contributed by atoms with Gasteiger partial charge in [-0.05, 0) is 36.8 Å². The number of aromatic amines is 1. The lowest BCUT2D eigenvalue weighted by atomic mass is 10.1. The van der Waals surface area contributed by atoms with Crippen LogP contribution < -0.4 is 5.43 Å². The van der Waals surface area contributed by atoms with Gasteiger partial charge in [0.05, 0.1) is 23.1 Å². The molecule has 22 heavy (non-hydrogen) atoms. The van der Waals surface area contributed by atoms with Crippen molar-refractivity contribution >= 4 is 21.9 Å². The van der Waals surface area contributed by atoms with Gasteiger partial charge in [-0.3, -0.25) is 9.78 Å². The summed E-state index contributed by atoms with van der Waals surface area (Å²) in [5.74, 6) is 0. The van der Waals surface area contributed by atoms with E-state index in [0.29, 0.717) is 17.3 Å². The van der Waals surface area contributed by atoms with Gasteiger partial charge in [0.1, 0.15) is 5.65 Å². The molecule has 0 unspecified atom stereocenters. The van der Waals surface area contributed by atoms with E-state index >= 15 is 0 Å². The van der Waals surface area contributed by atoms with Gasteiger partial charge in [-0.25, -0.2) is 4.68 Å². The van der Waals surface area contributed by atoms with E-state index in [1.165, 1.54) is 0 Å². The van der Waals surface area contributed by atoms with Crippen molar-refractivity contribution in [3.8, 4) is 0 Å². The maximum absolute atomic E-state index is 12.7. The third kappa shape index (κ3) is 1.90. The maximum atomic E-state index is 12.7. The number of para-hydroxylation sites is 1. The van der Waals surface area contributed by atoms with Crippen LogP contribution in [0, 0.1) is 6.92 Å². The SMILES string of the molecule is Cc1nn(Cc2ccncc2)c2[nH]c3ccccc3c(=O)c12. The van der Waals surface area contributed by atoms with E-state index in [2.05, 4.69) is 15.1 Å². The van der Waals surface area contributed by atoms with Crippen LogP contribution in [0.5, 0.6) is 0 Å². The Morgan fingerprint density at radius 1 is 1.14 bits per heavy atom. The fourth-order valence-corrected chi connectivity index (χ4v) is 2.81. The highest BCUT2D eigenvalue weighted by Gasteiger charge is 2.14. The summed E-state index contributed by atoms with van der Waals surface area (Å²) < 4.78 is 1.84. The summed E-state index contributed by atoms with van der Waals surface area (Å²) in [5, 5.41) is 5.89. The molecule has 3 heterocycles. The second-order valence-corrected chi connectivity index (χ2v) is 5.32. The van der Waals surface area contributed by atoms with E-state index in [9.17, 15) is 4.79 Å². The molecule has 0 aliphatic rings. The normalized spacial score (nSPS) is 11.3. The summed E-state index contributed by atoms with van der Waals surface area (Å²) in [4.78, 5) is 20.1. The molecule has 4 rings (SSSR count). The van der Waals surface area contributed by atoms with Crippen LogP contribution in [-0.4, -0.2) is 19.7 Å². The van der Waals surface area contributed by atoms with Crippen LogP contribution in [0.2, 0.25) is 0 Å². The summed E-state index contributed by atoms with van der Waals surface area (Å²) in [7, 11) is 0. The molecule has 5 heteroatoms. The number of nitrogens with one attached hydrogen (secondary N) is 1. The Bertz CT molecular complexity index is 1030. The van der Waals surface area contributed by atoms with Gasteiger partial charge < -0.3 is 4.98 Å². The van der Waals surface area contributed by atoms with Gasteiger partial charge in [-0.15, -0.1) is 0 Å². The number of hydrogen-bond acceptors (Lipinski definition) is 3. The fraction of sp³-hybridized carbons (Fsp3) is 0.118. The Balaban J connectivity index is 1.99. The van der Waals surface area contributed by atoms with Gasteiger partial charge in [-0.1, -0.05) is 12.1 Å². The number of nitrogens with zero attached hydrogens (tertiary/aromatic N) is 3. The van der Waals surface area contributed by atoms with Crippen LogP contribution in [0.4, 0.5) is 0 Å². The zero-order valence-electron chi connectivity index (χ0n) is 12.1. The summed E-state index contributed by atoms with van der Waals surface area (Å²) in [6.07, 6.45) is 3.51. The van der Waals surface area contributed by atoms with E-state index in [4.69, 9.17) is 0 Å². The minimum atomic E-state index is 0.0304. The molecule has 5 nitrogen and oxygen atoms in total. The first kappa shape index (κ1) is 12.8. The molecule has 108 valence electrons. The van der Waals surface area contributed by atoms with Crippen LogP contribution in [-0.2, 0) is 6.54 Å². The molecule has 0 spiro atoms. The first-order valence-corrected chi connectivity index (χ1v) is 7.11. The molecule has 0 saturated heterocycles. The van der Waals surface area contributed by atoms with Crippen molar-refractivity contribution in [3.05, 3.63) is 70.3 Å². The third-order valence-electron chi connectivity index (χ3n) is 3.86. The lowest BCUT2D eigenvalue weighted by Crippen LogP contribution is -2.07. The van der Waals surface area contributed by atoms with Crippen molar-refractivity contribution < 1.29 is 0 Å². The van der Waals surface area contributed by atoms with Gasteiger partial charge in [0.2, 0.25) is 5.43 Å². The third-order valence-corrected chi connectivity index (χ3v) is 3.86. The molecule has 4 aromatic rings. The van der Waals surface area contributed by atoms with Crippen LogP contribution in [0.15, 0.2) is 53.6 Å². The highest BCUT2D eigenvalue weighted by molar-refractivity contribution is 5.92. The van der Waals surface area contributed by atoms with Crippen molar-refractivity contribution in [2.45, 2.75) is 13.5 Å². The molecule has 0 saturated carbocycles. The Morgan fingerprint density at radius 3 is 2.73 bits per heavy atom. The van der Waals surface area contributed by atoms with Gasteiger partial charge in [0.15, 0.2) is 0 Å². The maximum Gasteiger partial charge on any atom is 0.200 e. The number of aryl methyl sites for hydroxylation is 1. The van der Waals surface area contributed by atoms with E-state index in [1.54, 1.807) is 12.4 Å². The number of fused-ring (bicyclic) bond motifs is 2. The number of pyridine rings is 2. The average Bonchev–Trinajstić information content (AvgIpc) is 2.85. The summed E-state index contributed by atoms with van der Waals surface area (Å²) in [6, 6.07) is 11.4. The monoisotopic (exact) mass is 290 g/mol. The van der Waals surface area contributed by atoms with Crippen molar-refractivity contribution in [1.29, 1.82) is 0 Å². The molecule has 3 aromatic heterocycles. The number of rotatable bonds is 2. The average molecular weight is 290 g/mol. The molecule has 0 amide bonds. The fourth-order valence-electron chi connectivity index (χ4n) is 2.81. The Labute approximate surface area is 126 Å². The van der Waals surface area contributed by atoms with Crippen molar-refractivity contribution in [1.82, 2.24) is 19.7 Å². The Kier molecular flexibility index (Phi) is 2.79. The highest BCUT2D eigenvalue weighted by Crippen LogP contribution is 2.18. The lowest BCUT2D eigenvalue weighted by molar-refractivity contribution is 0.696. The Hall–Kier alpha value is -2.95. The smallest absolute Gasteiger partial charge is 0.200 e. The second kappa shape index (κ2) is 4.80. The lowest BCUT2D eigenvalue weighted by Gasteiger charge is -2.04.